The molecular formula is C14H22N2O3. The van der Waals surface area contributed by atoms with E-state index < -0.39 is 0 Å². The molecule has 0 aliphatic carbocycles. The minimum atomic E-state index is -0.335. The number of carbonyl (C=O) groups excluding carboxylic acids is 1. The van der Waals surface area contributed by atoms with E-state index in [0.717, 1.165) is 31.7 Å². The van der Waals surface area contributed by atoms with Crippen LogP contribution in [0.3, 0.4) is 0 Å². The fraction of sp³-hybridized carbons (Fsp3) is 0.643. The molecule has 0 bridgehead atoms. The maximum absolute atomic E-state index is 11.3. The fourth-order valence-electron chi connectivity index (χ4n) is 2.43. The van der Waals surface area contributed by atoms with Crippen molar-refractivity contribution in [3.8, 4) is 0 Å². The molecule has 19 heavy (non-hydrogen) atoms. The second-order valence-corrected chi connectivity index (χ2v) is 5.57. The van der Waals surface area contributed by atoms with Crippen LogP contribution >= 0.6 is 0 Å². The topological polar surface area (TPSA) is 63.4 Å². The standard InChI is InChI=1S/C14H22N2O3/c1-14(2)8-10(6-7-19-14)15-9-11-4-5-12(16-11)13(17)18-3/h4-5,10,15-16H,6-9H2,1-3H3. The van der Waals surface area contributed by atoms with Gasteiger partial charge in [-0.25, -0.2) is 4.79 Å². The summed E-state index contributed by atoms with van der Waals surface area (Å²) in [5.74, 6) is -0.335. The first kappa shape index (κ1) is 14.1. The highest BCUT2D eigenvalue weighted by Gasteiger charge is 2.28. The summed E-state index contributed by atoms with van der Waals surface area (Å²) in [5, 5.41) is 3.50. The maximum Gasteiger partial charge on any atom is 0.354 e. The van der Waals surface area contributed by atoms with Gasteiger partial charge in [0.1, 0.15) is 5.69 Å². The van der Waals surface area contributed by atoms with Gasteiger partial charge in [0, 0.05) is 24.9 Å². The van der Waals surface area contributed by atoms with Crippen LogP contribution < -0.4 is 5.32 Å². The number of H-pyrrole nitrogens is 1. The number of hydrogen-bond donors (Lipinski definition) is 2. The monoisotopic (exact) mass is 266 g/mol. The molecule has 0 amide bonds. The predicted octanol–water partition coefficient (Wildman–Crippen LogP) is 1.85. The molecule has 1 aromatic rings. The van der Waals surface area contributed by atoms with Crippen molar-refractivity contribution in [1.29, 1.82) is 0 Å². The number of hydrogen-bond acceptors (Lipinski definition) is 4. The third-order valence-corrected chi connectivity index (χ3v) is 3.43. The van der Waals surface area contributed by atoms with E-state index in [1.807, 2.05) is 6.07 Å². The van der Waals surface area contributed by atoms with Crippen molar-refractivity contribution < 1.29 is 14.3 Å². The fourth-order valence-corrected chi connectivity index (χ4v) is 2.43. The van der Waals surface area contributed by atoms with Crippen LogP contribution in [-0.4, -0.2) is 36.3 Å². The maximum atomic E-state index is 11.3. The Morgan fingerprint density at radius 2 is 2.37 bits per heavy atom. The van der Waals surface area contributed by atoms with E-state index in [0.29, 0.717) is 11.7 Å². The van der Waals surface area contributed by atoms with Gasteiger partial charge in [-0.15, -0.1) is 0 Å². The van der Waals surface area contributed by atoms with E-state index in [2.05, 4.69) is 28.9 Å². The highest BCUT2D eigenvalue weighted by molar-refractivity contribution is 5.87. The lowest BCUT2D eigenvalue weighted by atomic mass is 9.94. The molecule has 0 saturated carbocycles. The summed E-state index contributed by atoms with van der Waals surface area (Å²) >= 11 is 0. The first-order chi connectivity index (χ1) is 9.00. The Kier molecular flexibility index (Phi) is 4.27. The Morgan fingerprint density at radius 1 is 1.58 bits per heavy atom. The molecule has 1 unspecified atom stereocenters. The number of methoxy groups -OCH3 is 1. The van der Waals surface area contributed by atoms with Crippen molar-refractivity contribution >= 4 is 5.97 Å². The minimum Gasteiger partial charge on any atom is -0.464 e. The summed E-state index contributed by atoms with van der Waals surface area (Å²) in [5.41, 5.74) is 1.43. The molecule has 2 rings (SSSR count). The van der Waals surface area contributed by atoms with Gasteiger partial charge in [0.25, 0.3) is 0 Å². The van der Waals surface area contributed by atoms with Crippen molar-refractivity contribution in [2.75, 3.05) is 13.7 Å². The van der Waals surface area contributed by atoms with Gasteiger partial charge >= 0.3 is 5.97 Å². The highest BCUT2D eigenvalue weighted by Crippen LogP contribution is 2.24. The lowest BCUT2D eigenvalue weighted by Gasteiger charge is -2.35. The number of nitrogens with one attached hydrogen (secondary N) is 2. The molecule has 5 heteroatoms. The molecule has 2 N–H and O–H groups in total. The predicted molar refractivity (Wildman–Crippen MR) is 72.0 cm³/mol. The van der Waals surface area contributed by atoms with Crippen LogP contribution in [0.1, 0.15) is 42.9 Å². The molecule has 1 fully saturated rings. The SMILES string of the molecule is COC(=O)c1ccc(CNC2CCOC(C)(C)C2)[nH]1. The smallest absolute Gasteiger partial charge is 0.354 e. The molecule has 5 nitrogen and oxygen atoms in total. The summed E-state index contributed by atoms with van der Waals surface area (Å²) < 4.78 is 10.4. The van der Waals surface area contributed by atoms with E-state index in [1.54, 1.807) is 6.07 Å². The van der Waals surface area contributed by atoms with Crippen molar-refractivity contribution in [2.45, 2.75) is 44.9 Å². The Balaban J connectivity index is 1.85. The number of esters is 1. The molecule has 1 atom stereocenters. The van der Waals surface area contributed by atoms with Gasteiger partial charge in [0.15, 0.2) is 0 Å². The number of ether oxygens (including phenoxy) is 2. The van der Waals surface area contributed by atoms with Crippen molar-refractivity contribution in [3.05, 3.63) is 23.5 Å². The average Bonchev–Trinajstić information content (AvgIpc) is 2.83. The second kappa shape index (κ2) is 5.75. The first-order valence-electron chi connectivity index (χ1n) is 6.64. The van der Waals surface area contributed by atoms with Crippen LogP contribution in [0, 0.1) is 0 Å². The zero-order valence-electron chi connectivity index (χ0n) is 11.8. The van der Waals surface area contributed by atoms with Gasteiger partial charge in [0.05, 0.1) is 12.7 Å². The largest absolute Gasteiger partial charge is 0.464 e. The van der Waals surface area contributed by atoms with Crippen LogP contribution in [0.25, 0.3) is 0 Å². The summed E-state index contributed by atoms with van der Waals surface area (Å²) in [6.07, 6.45) is 2.02. The summed E-state index contributed by atoms with van der Waals surface area (Å²) in [4.78, 5) is 14.4. The Bertz CT molecular complexity index is 440. The molecule has 0 radical (unpaired) electrons. The molecular weight excluding hydrogens is 244 g/mol. The Morgan fingerprint density at radius 3 is 3.05 bits per heavy atom. The number of rotatable bonds is 4. The lowest BCUT2D eigenvalue weighted by Crippen LogP contribution is -2.43. The van der Waals surface area contributed by atoms with Gasteiger partial charge in [-0.2, -0.15) is 0 Å². The van der Waals surface area contributed by atoms with Crippen LogP contribution in [-0.2, 0) is 16.0 Å². The van der Waals surface area contributed by atoms with Crippen molar-refractivity contribution in [2.24, 2.45) is 0 Å². The molecule has 0 aromatic carbocycles. The van der Waals surface area contributed by atoms with E-state index in [1.165, 1.54) is 7.11 Å². The molecule has 2 heterocycles. The second-order valence-electron chi connectivity index (χ2n) is 5.57. The summed E-state index contributed by atoms with van der Waals surface area (Å²) in [6.45, 7) is 5.75. The normalized spacial score (nSPS) is 22.2. The van der Waals surface area contributed by atoms with E-state index in [9.17, 15) is 4.79 Å². The zero-order chi connectivity index (χ0) is 13.9. The first-order valence-corrected chi connectivity index (χ1v) is 6.64. The molecule has 106 valence electrons. The highest BCUT2D eigenvalue weighted by atomic mass is 16.5. The molecule has 0 spiro atoms. The van der Waals surface area contributed by atoms with Crippen LogP contribution in [0.2, 0.25) is 0 Å². The van der Waals surface area contributed by atoms with Gasteiger partial charge < -0.3 is 19.8 Å². The van der Waals surface area contributed by atoms with Crippen molar-refractivity contribution in [1.82, 2.24) is 10.3 Å². The Labute approximate surface area is 113 Å². The van der Waals surface area contributed by atoms with Crippen LogP contribution in [0.15, 0.2) is 12.1 Å². The third-order valence-electron chi connectivity index (χ3n) is 3.43. The van der Waals surface area contributed by atoms with Gasteiger partial charge in [-0.1, -0.05) is 0 Å². The van der Waals surface area contributed by atoms with Crippen LogP contribution in [0.4, 0.5) is 0 Å². The number of carbonyl (C=O) groups is 1. The zero-order valence-corrected chi connectivity index (χ0v) is 11.8. The van der Waals surface area contributed by atoms with E-state index in [-0.39, 0.29) is 11.6 Å². The van der Waals surface area contributed by atoms with Gasteiger partial charge in [0.2, 0.25) is 0 Å². The van der Waals surface area contributed by atoms with E-state index >= 15 is 0 Å². The van der Waals surface area contributed by atoms with Crippen LogP contribution in [0.5, 0.6) is 0 Å². The van der Waals surface area contributed by atoms with Gasteiger partial charge in [-0.3, -0.25) is 0 Å². The Hall–Kier alpha value is -1.33. The average molecular weight is 266 g/mol. The van der Waals surface area contributed by atoms with Gasteiger partial charge in [-0.05, 0) is 38.8 Å². The van der Waals surface area contributed by atoms with Crippen molar-refractivity contribution in [3.63, 3.8) is 0 Å². The molecule has 1 saturated heterocycles. The van der Waals surface area contributed by atoms with E-state index in [4.69, 9.17) is 4.74 Å². The molecule has 1 aromatic heterocycles. The molecule has 1 aliphatic heterocycles. The quantitative estimate of drug-likeness (QED) is 0.816. The summed E-state index contributed by atoms with van der Waals surface area (Å²) in [6, 6.07) is 4.11. The third kappa shape index (κ3) is 3.81. The molecule has 1 aliphatic rings. The summed E-state index contributed by atoms with van der Waals surface area (Å²) in [7, 11) is 1.38. The minimum absolute atomic E-state index is 0.0527. The number of aromatic amines is 1. The number of aromatic nitrogens is 1. The lowest BCUT2D eigenvalue weighted by molar-refractivity contribution is -0.0631.